The van der Waals surface area contributed by atoms with Crippen molar-refractivity contribution in [3.8, 4) is 0 Å². The van der Waals surface area contributed by atoms with Crippen molar-refractivity contribution in [2.45, 2.75) is 44.4 Å². The summed E-state index contributed by atoms with van der Waals surface area (Å²) in [7, 11) is 1.59. The molecule has 0 aliphatic carbocycles. The molecule has 0 bridgehead atoms. The molecule has 0 amide bonds. The van der Waals surface area contributed by atoms with Gasteiger partial charge in [0, 0.05) is 7.11 Å². The molecule has 5 nitrogen and oxygen atoms in total. The van der Waals surface area contributed by atoms with E-state index >= 15 is 0 Å². The standard InChI is InChI=1S/C28H30O5/c1-21-25(30-18-22-12-6-3-7-13-22)26(31-19-23-14-8-4-9-15-23)27(28(29-2)33-21)32-20-24-16-10-5-11-17-24/h3-17,25-28H,1,18-20H2,2H3/t25-,26?,27?,28+/m0/s1. The van der Waals surface area contributed by atoms with E-state index in [1.54, 1.807) is 7.11 Å². The number of hydrogen-bond donors (Lipinski definition) is 0. The molecule has 1 saturated heterocycles. The minimum Gasteiger partial charge on any atom is -0.464 e. The zero-order valence-corrected chi connectivity index (χ0v) is 18.8. The van der Waals surface area contributed by atoms with E-state index in [2.05, 4.69) is 6.58 Å². The number of ether oxygens (including phenoxy) is 5. The minimum atomic E-state index is -0.654. The Kier molecular flexibility index (Phi) is 8.28. The molecule has 4 atom stereocenters. The van der Waals surface area contributed by atoms with Crippen molar-refractivity contribution in [3.05, 3.63) is 120 Å². The van der Waals surface area contributed by atoms with E-state index in [-0.39, 0.29) is 0 Å². The molecule has 1 aliphatic rings. The zero-order chi connectivity index (χ0) is 22.9. The third-order valence-electron chi connectivity index (χ3n) is 5.55. The lowest BCUT2D eigenvalue weighted by Crippen LogP contribution is -2.55. The van der Waals surface area contributed by atoms with E-state index in [4.69, 9.17) is 23.7 Å². The molecular weight excluding hydrogens is 416 g/mol. The Morgan fingerprint density at radius 1 is 0.636 bits per heavy atom. The molecule has 0 N–H and O–H groups in total. The Labute approximate surface area is 195 Å². The van der Waals surface area contributed by atoms with Crippen molar-refractivity contribution < 1.29 is 23.7 Å². The maximum Gasteiger partial charge on any atom is 0.228 e. The van der Waals surface area contributed by atoms with Crippen LogP contribution in [-0.4, -0.2) is 31.7 Å². The fourth-order valence-corrected chi connectivity index (χ4v) is 3.81. The number of rotatable bonds is 10. The molecule has 1 fully saturated rings. The van der Waals surface area contributed by atoms with Gasteiger partial charge >= 0.3 is 0 Å². The first-order valence-electron chi connectivity index (χ1n) is 11.1. The molecular formula is C28H30O5. The number of methoxy groups -OCH3 is 1. The number of benzene rings is 3. The fourth-order valence-electron chi connectivity index (χ4n) is 3.81. The maximum atomic E-state index is 6.40. The summed E-state index contributed by atoms with van der Waals surface area (Å²) < 4.78 is 30.6. The second-order valence-corrected chi connectivity index (χ2v) is 7.93. The molecule has 1 heterocycles. The largest absolute Gasteiger partial charge is 0.464 e. The van der Waals surface area contributed by atoms with Crippen LogP contribution < -0.4 is 0 Å². The van der Waals surface area contributed by atoms with Gasteiger partial charge in [-0.15, -0.1) is 0 Å². The summed E-state index contributed by atoms with van der Waals surface area (Å²) in [4.78, 5) is 0. The van der Waals surface area contributed by atoms with Crippen LogP contribution in [0.4, 0.5) is 0 Å². The van der Waals surface area contributed by atoms with E-state index < -0.39 is 24.6 Å². The van der Waals surface area contributed by atoms with Crippen LogP contribution >= 0.6 is 0 Å². The van der Waals surface area contributed by atoms with Crippen LogP contribution in [-0.2, 0) is 43.5 Å². The lowest BCUT2D eigenvalue weighted by atomic mass is 10.0. The van der Waals surface area contributed by atoms with Gasteiger partial charge in [0.2, 0.25) is 6.29 Å². The van der Waals surface area contributed by atoms with E-state index in [1.807, 2.05) is 91.0 Å². The first-order chi connectivity index (χ1) is 16.2. The van der Waals surface area contributed by atoms with Crippen molar-refractivity contribution in [3.63, 3.8) is 0 Å². The van der Waals surface area contributed by atoms with Crippen molar-refractivity contribution >= 4 is 0 Å². The maximum absolute atomic E-state index is 6.40. The van der Waals surface area contributed by atoms with Crippen molar-refractivity contribution in [2.75, 3.05) is 7.11 Å². The molecule has 3 aromatic carbocycles. The third-order valence-corrected chi connectivity index (χ3v) is 5.55. The summed E-state index contributed by atoms with van der Waals surface area (Å²) in [5, 5.41) is 0. The van der Waals surface area contributed by atoms with Crippen LogP contribution in [0.2, 0.25) is 0 Å². The molecule has 5 heteroatoms. The smallest absolute Gasteiger partial charge is 0.228 e. The normalized spacial score (nSPS) is 22.6. The summed E-state index contributed by atoms with van der Waals surface area (Å²) >= 11 is 0. The average Bonchev–Trinajstić information content (AvgIpc) is 2.87. The average molecular weight is 447 g/mol. The molecule has 3 aromatic rings. The SMILES string of the molecule is C=C1O[C@@H](OC)C(OCc2ccccc2)C(OCc2ccccc2)[C@H]1OCc1ccccc1. The molecule has 0 aromatic heterocycles. The van der Waals surface area contributed by atoms with Crippen LogP contribution in [0, 0.1) is 0 Å². The van der Waals surface area contributed by atoms with Crippen LogP contribution in [0.15, 0.2) is 103 Å². The van der Waals surface area contributed by atoms with Gasteiger partial charge in [-0.2, -0.15) is 0 Å². The second kappa shape index (κ2) is 11.8. The van der Waals surface area contributed by atoms with Gasteiger partial charge in [-0.05, 0) is 16.7 Å². The molecule has 0 spiro atoms. The van der Waals surface area contributed by atoms with Crippen LogP contribution in [0.1, 0.15) is 16.7 Å². The van der Waals surface area contributed by atoms with Crippen molar-refractivity contribution in [1.29, 1.82) is 0 Å². The Bertz CT molecular complexity index is 977. The molecule has 0 saturated carbocycles. The third kappa shape index (κ3) is 6.30. The molecule has 33 heavy (non-hydrogen) atoms. The van der Waals surface area contributed by atoms with Gasteiger partial charge in [0.05, 0.1) is 19.8 Å². The topological polar surface area (TPSA) is 46.2 Å². The monoisotopic (exact) mass is 446 g/mol. The highest BCUT2D eigenvalue weighted by Gasteiger charge is 2.46. The van der Waals surface area contributed by atoms with Crippen molar-refractivity contribution in [2.24, 2.45) is 0 Å². The molecule has 0 radical (unpaired) electrons. The van der Waals surface area contributed by atoms with Gasteiger partial charge in [0.1, 0.15) is 24.1 Å². The fraction of sp³-hybridized carbons (Fsp3) is 0.286. The predicted octanol–water partition coefficient (Wildman–Crippen LogP) is 5.26. The summed E-state index contributed by atoms with van der Waals surface area (Å²) in [5.41, 5.74) is 3.18. The summed E-state index contributed by atoms with van der Waals surface area (Å²) in [6.45, 7) is 5.32. The van der Waals surface area contributed by atoms with Crippen LogP contribution in [0.3, 0.4) is 0 Å². The van der Waals surface area contributed by atoms with Gasteiger partial charge in [0.25, 0.3) is 0 Å². The Hall–Kier alpha value is -2.96. The summed E-state index contributed by atoms with van der Waals surface area (Å²) in [5.74, 6) is 0.468. The van der Waals surface area contributed by atoms with Crippen LogP contribution in [0.5, 0.6) is 0 Å². The van der Waals surface area contributed by atoms with Crippen molar-refractivity contribution in [1.82, 2.24) is 0 Å². The zero-order valence-electron chi connectivity index (χ0n) is 18.8. The first-order valence-corrected chi connectivity index (χ1v) is 11.1. The highest BCUT2D eigenvalue weighted by molar-refractivity contribution is 5.16. The van der Waals surface area contributed by atoms with E-state index in [0.29, 0.717) is 25.6 Å². The quantitative estimate of drug-likeness (QED) is 0.425. The van der Waals surface area contributed by atoms with Crippen LogP contribution in [0.25, 0.3) is 0 Å². The van der Waals surface area contributed by atoms with Gasteiger partial charge in [-0.3, -0.25) is 0 Å². The molecule has 2 unspecified atom stereocenters. The van der Waals surface area contributed by atoms with E-state index in [9.17, 15) is 0 Å². The first kappa shape index (κ1) is 23.2. The molecule has 172 valence electrons. The predicted molar refractivity (Wildman–Crippen MR) is 126 cm³/mol. The highest BCUT2D eigenvalue weighted by Crippen LogP contribution is 2.32. The molecule has 4 rings (SSSR count). The molecule has 1 aliphatic heterocycles. The summed E-state index contributed by atoms with van der Waals surface area (Å²) in [6.07, 6.45) is -2.14. The Balaban J connectivity index is 1.54. The Morgan fingerprint density at radius 2 is 1.06 bits per heavy atom. The van der Waals surface area contributed by atoms with E-state index in [0.717, 1.165) is 16.7 Å². The second-order valence-electron chi connectivity index (χ2n) is 7.93. The lowest BCUT2D eigenvalue weighted by Gasteiger charge is -2.42. The highest BCUT2D eigenvalue weighted by atomic mass is 16.7. The minimum absolute atomic E-state index is 0.401. The summed E-state index contributed by atoms with van der Waals surface area (Å²) in [6, 6.07) is 30.0. The number of hydrogen-bond acceptors (Lipinski definition) is 5. The van der Waals surface area contributed by atoms with Gasteiger partial charge in [-0.1, -0.05) is 97.6 Å². The van der Waals surface area contributed by atoms with Gasteiger partial charge in [-0.25, -0.2) is 0 Å². The lowest BCUT2D eigenvalue weighted by molar-refractivity contribution is -0.270. The Morgan fingerprint density at radius 3 is 1.52 bits per heavy atom. The van der Waals surface area contributed by atoms with E-state index in [1.165, 1.54) is 0 Å². The van der Waals surface area contributed by atoms with Gasteiger partial charge in [0.15, 0.2) is 0 Å². The van der Waals surface area contributed by atoms with Gasteiger partial charge < -0.3 is 23.7 Å².